The molecule has 3 N–H and O–H groups in total. The Kier molecular flexibility index (Phi) is 7.49. The van der Waals surface area contributed by atoms with Crippen molar-refractivity contribution in [2.24, 2.45) is 5.14 Å². The number of nitrogens with zero attached hydrogens (tertiary/aromatic N) is 1. The molecule has 11 heteroatoms. The molecule has 3 aromatic rings. The molecule has 0 radical (unpaired) electrons. The summed E-state index contributed by atoms with van der Waals surface area (Å²) in [6.07, 6.45) is 0. The van der Waals surface area contributed by atoms with E-state index in [-0.39, 0.29) is 16.3 Å². The molecule has 9 nitrogen and oxygen atoms in total. The largest absolute Gasteiger partial charge is 0.497 e. The van der Waals surface area contributed by atoms with E-state index in [1.165, 1.54) is 55.6 Å². The van der Waals surface area contributed by atoms with Crippen molar-refractivity contribution >= 4 is 31.6 Å². The molecule has 0 aromatic heterocycles. The lowest BCUT2D eigenvalue weighted by Gasteiger charge is -2.22. The third-order valence-corrected chi connectivity index (χ3v) is 7.42. The van der Waals surface area contributed by atoms with Gasteiger partial charge in [0.25, 0.3) is 0 Å². The number of hydrogen-bond donors (Lipinski definition) is 2. The van der Waals surface area contributed by atoms with E-state index in [0.29, 0.717) is 17.0 Å². The minimum Gasteiger partial charge on any atom is -0.497 e. The first-order valence-corrected chi connectivity index (χ1v) is 12.7. The van der Waals surface area contributed by atoms with Crippen molar-refractivity contribution in [1.29, 1.82) is 0 Å². The molecule has 0 fully saturated rings. The van der Waals surface area contributed by atoms with Crippen LogP contribution in [0.15, 0.2) is 88.7 Å². The zero-order valence-corrected chi connectivity index (χ0v) is 19.3. The summed E-state index contributed by atoms with van der Waals surface area (Å²) >= 11 is 0. The Morgan fingerprint density at radius 1 is 0.879 bits per heavy atom. The topological polar surface area (TPSA) is 136 Å². The number of methoxy groups -OCH3 is 1. The van der Waals surface area contributed by atoms with Crippen LogP contribution in [-0.4, -0.2) is 40.7 Å². The van der Waals surface area contributed by atoms with Crippen LogP contribution in [-0.2, 0) is 31.4 Å². The van der Waals surface area contributed by atoms with Crippen molar-refractivity contribution in [3.8, 4) is 5.75 Å². The number of nitrogens with one attached hydrogen (secondary N) is 1. The van der Waals surface area contributed by atoms with Gasteiger partial charge in [0.2, 0.25) is 26.0 Å². The minimum atomic E-state index is -4.02. The van der Waals surface area contributed by atoms with Gasteiger partial charge in [-0.3, -0.25) is 4.79 Å². The van der Waals surface area contributed by atoms with Gasteiger partial charge in [0.05, 0.1) is 23.4 Å². The van der Waals surface area contributed by atoms with E-state index in [2.05, 4.69) is 5.32 Å². The number of primary sulfonamides is 1. The molecular formula is C22H23N3O6S2. The average Bonchev–Trinajstić information content (AvgIpc) is 2.79. The minimum absolute atomic E-state index is 0.0181. The summed E-state index contributed by atoms with van der Waals surface area (Å²) < 4.78 is 55.5. The molecule has 1 amide bonds. The normalized spacial score (nSPS) is 11.8. The Balaban J connectivity index is 1.83. The van der Waals surface area contributed by atoms with Gasteiger partial charge in [0, 0.05) is 12.2 Å². The van der Waals surface area contributed by atoms with E-state index in [1.807, 2.05) is 6.07 Å². The fourth-order valence-electron chi connectivity index (χ4n) is 3.00. The molecule has 33 heavy (non-hydrogen) atoms. The van der Waals surface area contributed by atoms with Crippen LogP contribution in [0.3, 0.4) is 0 Å². The van der Waals surface area contributed by atoms with E-state index in [1.54, 1.807) is 24.3 Å². The van der Waals surface area contributed by atoms with Gasteiger partial charge in [-0.1, -0.05) is 30.3 Å². The molecule has 0 saturated heterocycles. The second kappa shape index (κ2) is 10.1. The van der Waals surface area contributed by atoms with E-state index < -0.39 is 32.5 Å². The van der Waals surface area contributed by atoms with Crippen LogP contribution in [0.1, 0.15) is 5.56 Å². The zero-order chi connectivity index (χ0) is 24.1. The maximum Gasteiger partial charge on any atom is 0.243 e. The molecule has 174 valence electrons. The number of carbonyl (C=O) groups excluding carboxylic acids is 1. The van der Waals surface area contributed by atoms with Crippen LogP contribution in [0.5, 0.6) is 5.75 Å². The zero-order valence-electron chi connectivity index (χ0n) is 17.7. The molecule has 3 rings (SSSR count). The van der Waals surface area contributed by atoms with Gasteiger partial charge >= 0.3 is 0 Å². The van der Waals surface area contributed by atoms with Crippen LogP contribution in [0, 0.1) is 0 Å². The predicted molar refractivity (Wildman–Crippen MR) is 123 cm³/mol. The van der Waals surface area contributed by atoms with Crippen molar-refractivity contribution < 1.29 is 26.4 Å². The molecule has 0 aliphatic carbocycles. The SMILES string of the molecule is COc1ccc(S(=O)(=O)N(CC(=O)Nc2ccc(S(N)(=O)=O)cc2)Cc2ccccc2)cc1. The number of amides is 1. The molecule has 0 unspecified atom stereocenters. The maximum absolute atomic E-state index is 13.3. The molecule has 0 aliphatic rings. The first-order valence-electron chi connectivity index (χ1n) is 9.70. The van der Waals surface area contributed by atoms with Crippen molar-refractivity contribution in [3.05, 3.63) is 84.4 Å². The lowest BCUT2D eigenvalue weighted by molar-refractivity contribution is -0.116. The van der Waals surface area contributed by atoms with Crippen LogP contribution in [0.4, 0.5) is 5.69 Å². The molecular weight excluding hydrogens is 466 g/mol. The number of carbonyl (C=O) groups is 1. The first-order chi connectivity index (χ1) is 15.6. The molecule has 0 atom stereocenters. The van der Waals surface area contributed by atoms with Gasteiger partial charge < -0.3 is 10.1 Å². The lowest BCUT2D eigenvalue weighted by Crippen LogP contribution is -2.37. The smallest absolute Gasteiger partial charge is 0.243 e. The number of benzene rings is 3. The van der Waals surface area contributed by atoms with Crippen LogP contribution >= 0.6 is 0 Å². The van der Waals surface area contributed by atoms with Gasteiger partial charge in [-0.25, -0.2) is 22.0 Å². The Morgan fingerprint density at radius 3 is 2.00 bits per heavy atom. The molecule has 0 aliphatic heterocycles. The lowest BCUT2D eigenvalue weighted by atomic mass is 10.2. The predicted octanol–water partition coefficient (Wildman–Crippen LogP) is 2.17. The van der Waals surface area contributed by atoms with Crippen molar-refractivity contribution in [3.63, 3.8) is 0 Å². The van der Waals surface area contributed by atoms with E-state index in [0.717, 1.165) is 4.31 Å². The Hall–Kier alpha value is -3.25. The fourth-order valence-corrected chi connectivity index (χ4v) is 4.90. The van der Waals surface area contributed by atoms with E-state index in [9.17, 15) is 21.6 Å². The summed E-state index contributed by atoms with van der Waals surface area (Å²) in [5.41, 5.74) is 1.01. The van der Waals surface area contributed by atoms with E-state index in [4.69, 9.17) is 9.88 Å². The number of nitrogens with two attached hydrogens (primary N) is 1. The second-order valence-corrected chi connectivity index (χ2v) is 10.6. The van der Waals surface area contributed by atoms with Crippen LogP contribution < -0.4 is 15.2 Å². The molecule has 0 heterocycles. The summed E-state index contributed by atoms with van der Waals surface area (Å²) in [6, 6.07) is 20.0. The summed E-state index contributed by atoms with van der Waals surface area (Å²) in [4.78, 5) is 12.6. The summed E-state index contributed by atoms with van der Waals surface area (Å²) in [7, 11) is -6.41. The van der Waals surface area contributed by atoms with Crippen molar-refractivity contribution in [2.45, 2.75) is 16.3 Å². The van der Waals surface area contributed by atoms with E-state index >= 15 is 0 Å². The number of rotatable bonds is 9. The van der Waals surface area contributed by atoms with Crippen molar-refractivity contribution in [2.75, 3.05) is 19.0 Å². The highest BCUT2D eigenvalue weighted by molar-refractivity contribution is 7.89. The van der Waals surface area contributed by atoms with Gasteiger partial charge in [0.15, 0.2) is 0 Å². The highest BCUT2D eigenvalue weighted by Gasteiger charge is 2.27. The number of sulfonamides is 2. The summed E-state index contributed by atoms with van der Waals surface area (Å²) in [5.74, 6) is -0.0874. The average molecular weight is 490 g/mol. The summed E-state index contributed by atoms with van der Waals surface area (Å²) in [6.45, 7) is -0.479. The standard InChI is InChI=1S/C22H23N3O6S2/c1-31-19-9-13-21(14-10-19)33(29,30)25(15-17-5-3-2-4-6-17)16-22(26)24-18-7-11-20(12-8-18)32(23,27)28/h2-14H,15-16H2,1H3,(H,24,26)(H2,23,27,28). The molecule has 0 saturated carbocycles. The maximum atomic E-state index is 13.3. The molecule has 3 aromatic carbocycles. The molecule has 0 spiro atoms. The Labute approximate surface area is 192 Å². The third-order valence-electron chi connectivity index (χ3n) is 4.69. The quantitative estimate of drug-likeness (QED) is 0.473. The van der Waals surface area contributed by atoms with Crippen LogP contribution in [0.25, 0.3) is 0 Å². The van der Waals surface area contributed by atoms with Gasteiger partial charge in [-0.2, -0.15) is 4.31 Å². The fraction of sp³-hybridized carbons (Fsp3) is 0.136. The molecule has 0 bridgehead atoms. The van der Waals surface area contributed by atoms with Gasteiger partial charge in [-0.15, -0.1) is 0 Å². The highest BCUT2D eigenvalue weighted by Crippen LogP contribution is 2.22. The number of anilines is 1. The van der Waals surface area contributed by atoms with Crippen LogP contribution in [0.2, 0.25) is 0 Å². The highest BCUT2D eigenvalue weighted by atomic mass is 32.2. The Bertz CT molecular complexity index is 1310. The van der Waals surface area contributed by atoms with Gasteiger partial charge in [-0.05, 0) is 54.1 Å². The first kappa shape index (κ1) is 24.4. The Morgan fingerprint density at radius 2 is 1.45 bits per heavy atom. The third kappa shape index (κ3) is 6.39. The number of ether oxygens (including phenoxy) is 1. The summed E-state index contributed by atoms with van der Waals surface area (Å²) in [5, 5.41) is 7.65. The van der Waals surface area contributed by atoms with Crippen molar-refractivity contribution in [1.82, 2.24) is 4.31 Å². The number of hydrogen-bond acceptors (Lipinski definition) is 6. The van der Waals surface area contributed by atoms with Gasteiger partial charge in [0.1, 0.15) is 5.75 Å². The monoisotopic (exact) mass is 489 g/mol. The second-order valence-electron chi connectivity index (χ2n) is 7.05.